The monoisotopic (exact) mass is 672 g/mol. The summed E-state index contributed by atoms with van der Waals surface area (Å²) in [5.74, 6) is -4.88. The standard InChI is InChI=1S/C36H34F2N4O7/c1-46-30-16-24-27(17-31(30)47-2)41-12-9-28(24)49-29-8-5-22(15-26(29)38)36(35(40)45)32(21-3-6-23(37)7-4-21)33(43)25(34(39)44)19-42(36)18-20-10-13-48-14-11-20/h3-9,12,15-17,19-20,32H,10-11,13-14,18H2,1-2H3,(H2,39,44)(H2,40,45). The third-order valence-electron chi connectivity index (χ3n) is 9.12. The fraction of sp³-hybridized carbons (Fsp3) is 0.278. The van der Waals surface area contributed by atoms with E-state index in [0.29, 0.717) is 48.5 Å². The molecule has 1 fully saturated rings. The van der Waals surface area contributed by atoms with Crippen molar-refractivity contribution in [1.82, 2.24) is 9.88 Å². The number of Topliss-reactive ketones (excluding diaryl/α,β-unsaturated/α-hetero) is 1. The Morgan fingerprint density at radius 3 is 2.27 bits per heavy atom. The van der Waals surface area contributed by atoms with Gasteiger partial charge in [0, 0.05) is 43.6 Å². The van der Waals surface area contributed by atoms with Crippen LogP contribution >= 0.6 is 0 Å². The number of ether oxygens (including phenoxy) is 4. The van der Waals surface area contributed by atoms with Crippen LogP contribution in [0.2, 0.25) is 0 Å². The molecule has 4 aromatic rings. The molecule has 13 heteroatoms. The Bertz CT molecular complexity index is 1960. The fourth-order valence-corrected chi connectivity index (χ4v) is 6.70. The Kier molecular flexibility index (Phi) is 9.20. The van der Waals surface area contributed by atoms with Crippen LogP contribution in [0, 0.1) is 17.6 Å². The summed E-state index contributed by atoms with van der Waals surface area (Å²) in [6.45, 7) is 1.10. The van der Waals surface area contributed by atoms with E-state index in [1.54, 1.807) is 18.2 Å². The van der Waals surface area contributed by atoms with Crippen LogP contribution < -0.4 is 25.7 Å². The summed E-state index contributed by atoms with van der Waals surface area (Å²) in [6.07, 6.45) is 3.98. The van der Waals surface area contributed by atoms with E-state index in [1.807, 2.05) is 0 Å². The molecule has 0 spiro atoms. The zero-order valence-corrected chi connectivity index (χ0v) is 26.8. The van der Waals surface area contributed by atoms with E-state index < -0.39 is 40.7 Å². The maximum atomic E-state index is 16.3. The van der Waals surface area contributed by atoms with Gasteiger partial charge >= 0.3 is 0 Å². The van der Waals surface area contributed by atoms with Gasteiger partial charge in [-0.3, -0.25) is 19.4 Å². The van der Waals surface area contributed by atoms with E-state index in [2.05, 4.69) is 4.98 Å². The van der Waals surface area contributed by atoms with Crippen molar-refractivity contribution in [3.63, 3.8) is 0 Å². The molecule has 2 unspecified atom stereocenters. The second kappa shape index (κ2) is 13.5. The first-order chi connectivity index (χ1) is 23.6. The van der Waals surface area contributed by atoms with Gasteiger partial charge in [-0.05, 0) is 66.3 Å². The molecular weight excluding hydrogens is 638 g/mol. The van der Waals surface area contributed by atoms with Gasteiger partial charge in [-0.2, -0.15) is 0 Å². The zero-order chi connectivity index (χ0) is 34.9. The van der Waals surface area contributed by atoms with Crippen LogP contribution in [0.15, 0.2) is 78.6 Å². The summed E-state index contributed by atoms with van der Waals surface area (Å²) < 4.78 is 52.7. The number of nitrogens with two attached hydrogens (primary N) is 2. The van der Waals surface area contributed by atoms with Gasteiger partial charge in [0.15, 0.2) is 34.4 Å². The highest BCUT2D eigenvalue weighted by Gasteiger charge is 2.57. The number of methoxy groups -OCH3 is 2. The number of ketones is 1. The number of carbonyl (C=O) groups excluding carboxylic acids is 3. The molecule has 0 bridgehead atoms. The summed E-state index contributed by atoms with van der Waals surface area (Å²) in [5, 5.41) is 0.512. The van der Waals surface area contributed by atoms with Crippen molar-refractivity contribution >= 4 is 28.5 Å². The number of primary amides is 2. The van der Waals surface area contributed by atoms with Crippen molar-refractivity contribution < 1.29 is 42.1 Å². The second-order valence-electron chi connectivity index (χ2n) is 11.9. The number of hydrogen-bond acceptors (Lipinski definition) is 9. The third kappa shape index (κ3) is 6.01. The normalized spacial score (nSPS) is 19.8. The van der Waals surface area contributed by atoms with Crippen LogP contribution in [0.5, 0.6) is 23.0 Å². The minimum atomic E-state index is -2.06. The molecular formula is C36H34F2N4O7. The Morgan fingerprint density at radius 1 is 0.939 bits per heavy atom. The molecule has 49 heavy (non-hydrogen) atoms. The topological polar surface area (TPSA) is 156 Å². The van der Waals surface area contributed by atoms with Crippen LogP contribution in [-0.4, -0.2) is 61.5 Å². The average Bonchev–Trinajstić information content (AvgIpc) is 3.09. The molecule has 2 aliphatic rings. The Balaban J connectivity index is 1.51. The fourth-order valence-electron chi connectivity index (χ4n) is 6.70. The summed E-state index contributed by atoms with van der Waals surface area (Å²) in [5.41, 5.74) is 10.2. The second-order valence-corrected chi connectivity index (χ2v) is 11.9. The highest BCUT2D eigenvalue weighted by molar-refractivity contribution is 6.23. The highest BCUT2D eigenvalue weighted by Crippen LogP contribution is 2.49. The maximum absolute atomic E-state index is 16.3. The number of benzene rings is 3. The first-order valence-electron chi connectivity index (χ1n) is 15.5. The van der Waals surface area contributed by atoms with E-state index in [4.69, 9.17) is 30.4 Å². The minimum Gasteiger partial charge on any atom is -0.493 e. The molecule has 0 radical (unpaired) electrons. The molecule has 2 atom stereocenters. The Morgan fingerprint density at radius 2 is 1.63 bits per heavy atom. The minimum absolute atomic E-state index is 0.0188. The van der Waals surface area contributed by atoms with Gasteiger partial charge in [0.2, 0.25) is 5.91 Å². The van der Waals surface area contributed by atoms with Gasteiger partial charge in [-0.1, -0.05) is 18.2 Å². The maximum Gasteiger partial charge on any atom is 0.253 e. The molecule has 3 aromatic carbocycles. The summed E-state index contributed by atoms with van der Waals surface area (Å²) in [6, 6.07) is 13.6. The molecule has 4 N–H and O–H groups in total. The summed E-state index contributed by atoms with van der Waals surface area (Å²) in [4.78, 5) is 46.6. The number of rotatable bonds is 10. The van der Waals surface area contributed by atoms with Gasteiger partial charge in [-0.15, -0.1) is 0 Å². The first kappa shape index (κ1) is 33.3. The molecule has 2 amide bonds. The van der Waals surface area contributed by atoms with Gasteiger partial charge in [0.1, 0.15) is 11.6 Å². The van der Waals surface area contributed by atoms with Crippen molar-refractivity contribution in [2.45, 2.75) is 24.3 Å². The van der Waals surface area contributed by atoms with Gasteiger partial charge in [0.05, 0.1) is 31.2 Å². The predicted octanol–water partition coefficient (Wildman–Crippen LogP) is 4.47. The van der Waals surface area contributed by atoms with E-state index in [-0.39, 0.29) is 40.7 Å². The van der Waals surface area contributed by atoms with E-state index >= 15 is 4.39 Å². The van der Waals surface area contributed by atoms with Crippen molar-refractivity contribution in [1.29, 1.82) is 0 Å². The van der Waals surface area contributed by atoms with Crippen molar-refractivity contribution in [2.75, 3.05) is 34.0 Å². The zero-order valence-electron chi connectivity index (χ0n) is 26.8. The smallest absolute Gasteiger partial charge is 0.253 e. The lowest BCUT2D eigenvalue weighted by atomic mass is 9.67. The molecule has 254 valence electrons. The lowest BCUT2D eigenvalue weighted by Gasteiger charge is -2.50. The SMILES string of the molecule is COc1cc2nccc(Oc3ccc(C4(C(N)=O)C(c5ccc(F)cc5)C(=O)C(C(N)=O)=CN4CC4CCOCC4)cc3F)c2cc1OC. The quantitative estimate of drug-likeness (QED) is 0.232. The van der Waals surface area contributed by atoms with Crippen molar-refractivity contribution in [3.8, 4) is 23.0 Å². The third-order valence-corrected chi connectivity index (χ3v) is 9.12. The molecule has 3 heterocycles. The summed E-state index contributed by atoms with van der Waals surface area (Å²) >= 11 is 0. The van der Waals surface area contributed by atoms with Gasteiger partial charge < -0.3 is 35.3 Å². The van der Waals surface area contributed by atoms with Gasteiger partial charge in [0.25, 0.3) is 5.91 Å². The van der Waals surface area contributed by atoms with Crippen LogP contribution in [0.1, 0.15) is 29.9 Å². The first-order valence-corrected chi connectivity index (χ1v) is 15.5. The molecule has 1 aromatic heterocycles. The summed E-state index contributed by atoms with van der Waals surface area (Å²) in [7, 11) is 2.98. The number of fused-ring (bicyclic) bond motifs is 1. The number of hydrogen-bond donors (Lipinski definition) is 2. The number of aromatic nitrogens is 1. The number of nitrogens with zero attached hydrogens (tertiary/aromatic N) is 2. The number of halogens is 2. The van der Waals surface area contributed by atoms with Crippen LogP contribution in [0.3, 0.4) is 0 Å². The van der Waals surface area contributed by atoms with Crippen molar-refractivity contribution in [2.24, 2.45) is 17.4 Å². The van der Waals surface area contributed by atoms with Crippen molar-refractivity contribution in [3.05, 3.63) is 101 Å². The molecule has 0 saturated carbocycles. The van der Waals surface area contributed by atoms with Crippen LogP contribution in [-0.2, 0) is 24.7 Å². The molecule has 6 rings (SSSR count). The van der Waals surface area contributed by atoms with Crippen LogP contribution in [0.25, 0.3) is 10.9 Å². The van der Waals surface area contributed by atoms with E-state index in [9.17, 15) is 18.8 Å². The lowest BCUT2D eigenvalue weighted by Crippen LogP contribution is -2.62. The highest BCUT2D eigenvalue weighted by atomic mass is 19.1. The van der Waals surface area contributed by atoms with Crippen LogP contribution in [0.4, 0.5) is 8.78 Å². The average molecular weight is 673 g/mol. The number of carbonyl (C=O) groups is 3. The lowest BCUT2D eigenvalue weighted by molar-refractivity contribution is -0.139. The number of pyridine rings is 1. The van der Waals surface area contributed by atoms with E-state index in [1.165, 1.54) is 55.8 Å². The predicted molar refractivity (Wildman–Crippen MR) is 174 cm³/mol. The Labute approximate surface area is 280 Å². The van der Waals surface area contributed by atoms with E-state index in [0.717, 1.165) is 18.2 Å². The van der Waals surface area contributed by atoms with Gasteiger partial charge in [-0.25, -0.2) is 8.78 Å². The molecule has 0 aliphatic carbocycles. The number of amides is 2. The molecule has 11 nitrogen and oxygen atoms in total. The molecule has 1 saturated heterocycles. The Hall–Kier alpha value is -5.56. The largest absolute Gasteiger partial charge is 0.493 e. The molecule has 2 aliphatic heterocycles.